The lowest BCUT2D eigenvalue weighted by molar-refractivity contribution is -0.118. The molecule has 64 valence electrons. The summed E-state index contributed by atoms with van der Waals surface area (Å²) in [6.07, 6.45) is 1.22. The summed E-state index contributed by atoms with van der Waals surface area (Å²) in [6, 6.07) is 0. The van der Waals surface area contributed by atoms with Gasteiger partial charge in [0, 0.05) is 5.57 Å². The van der Waals surface area contributed by atoms with Crippen molar-refractivity contribution in [1.82, 2.24) is 0 Å². The van der Waals surface area contributed by atoms with Gasteiger partial charge in [-0.3, -0.25) is 9.59 Å². The first-order valence-corrected chi connectivity index (χ1v) is 3.39. The van der Waals surface area contributed by atoms with Crippen LogP contribution in [-0.4, -0.2) is 18.7 Å². The summed E-state index contributed by atoms with van der Waals surface area (Å²) in [6.45, 7) is 1.54. The second-order valence-electron chi connectivity index (χ2n) is 2.47. The SMILES string of the molecule is COC1=C(N)C(=O)C(C)=CC1=O. The number of ether oxygens (including phenoxy) is 1. The van der Waals surface area contributed by atoms with Gasteiger partial charge in [-0.1, -0.05) is 0 Å². The molecule has 0 aliphatic heterocycles. The Bertz CT molecular complexity index is 312. The van der Waals surface area contributed by atoms with Gasteiger partial charge in [-0.2, -0.15) is 0 Å². The van der Waals surface area contributed by atoms with Crippen molar-refractivity contribution < 1.29 is 14.3 Å². The molecule has 0 radical (unpaired) electrons. The molecule has 0 saturated carbocycles. The third-order valence-electron chi connectivity index (χ3n) is 1.62. The fourth-order valence-electron chi connectivity index (χ4n) is 0.987. The Hall–Kier alpha value is -1.58. The van der Waals surface area contributed by atoms with Crippen LogP contribution in [0.5, 0.6) is 0 Å². The second-order valence-corrected chi connectivity index (χ2v) is 2.47. The first-order chi connectivity index (χ1) is 5.57. The summed E-state index contributed by atoms with van der Waals surface area (Å²) in [5.74, 6) is -0.760. The van der Waals surface area contributed by atoms with Crippen LogP contribution in [0.2, 0.25) is 0 Å². The number of methoxy groups -OCH3 is 1. The van der Waals surface area contributed by atoms with Crippen LogP contribution in [-0.2, 0) is 14.3 Å². The van der Waals surface area contributed by atoms with Crippen LogP contribution in [0.1, 0.15) is 6.92 Å². The number of Topliss-reactive ketones (excluding diaryl/α,β-unsaturated/α-hetero) is 1. The molecule has 1 aliphatic rings. The summed E-state index contributed by atoms with van der Waals surface area (Å²) < 4.78 is 4.67. The lowest BCUT2D eigenvalue weighted by Gasteiger charge is -2.11. The van der Waals surface area contributed by atoms with E-state index in [2.05, 4.69) is 4.74 Å². The van der Waals surface area contributed by atoms with Crippen LogP contribution < -0.4 is 5.73 Å². The minimum atomic E-state index is -0.355. The molecule has 0 aromatic carbocycles. The average molecular weight is 167 g/mol. The first-order valence-electron chi connectivity index (χ1n) is 3.39. The molecule has 0 spiro atoms. The normalized spacial score (nSPS) is 18.0. The maximum Gasteiger partial charge on any atom is 0.223 e. The lowest BCUT2D eigenvalue weighted by atomic mass is 10.0. The maximum absolute atomic E-state index is 11.2. The lowest BCUT2D eigenvalue weighted by Crippen LogP contribution is -2.24. The molecule has 4 nitrogen and oxygen atoms in total. The van der Waals surface area contributed by atoms with Crippen molar-refractivity contribution in [2.75, 3.05) is 7.11 Å². The van der Waals surface area contributed by atoms with E-state index in [1.807, 2.05) is 0 Å². The van der Waals surface area contributed by atoms with E-state index in [0.717, 1.165) is 0 Å². The fraction of sp³-hybridized carbons (Fsp3) is 0.250. The molecule has 0 unspecified atom stereocenters. The van der Waals surface area contributed by atoms with Crippen molar-refractivity contribution >= 4 is 11.6 Å². The van der Waals surface area contributed by atoms with Crippen LogP contribution >= 0.6 is 0 Å². The quantitative estimate of drug-likeness (QED) is 0.554. The van der Waals surface area contributed by atoms with E-state index >= 15 is 0 Å². The highest BCUT2D eigenvalue weighted by atomic mass is 16.5. The third kappa shape index (κ3) is 1.11. The predicted octanol–water partition coefficient (Wildman–Crippen LogP) is -0.0988. The van der Waals surface area contributed by atoms with Crippen molar-refractivity contribution in [1.29, 1.82) is 0 Å². The number of allylic oxidation sites excluding steroid dienone is 2. The number of hydrogen-bond acceptors (Lipinski definition) is 4. The van der Waals surface area contributed by atoms with E-state index in [-0.39, 0.29) is 23.0 Å². The Balaban J connectivity index is 3.17. The van der Waals surface area contributed by atoms with E-state index in [4.69, 9.17) is 5.73 Å². The van der Waals surface area contributed by atoms with Gasteiger partial charge in [0.25, 0.3) is 0 Å². The highest BCUT2D eigenvalue weighted by molar-refractivity contribution is 6.21. The molecular weight excluding hydrogens is 158 g/mol. The molecule has 2 N–H and O–H groups in total. The molecule has 0 saturated heterocycles. The van der Waals surface area contributed by atoms with Crippen LogP contribution in [0.25, 0.3) is 0 Å². The van der Waals surface area contributed by atoms with Crippen molar-refractivity contribution in [3.63, 3.8) is 0 Å². The average Bonchev–Trinajstić information content (AvgIpc) is 2.01. The summed E-state index contributed by atoms with van der Waals surface area (Å²) in [5.41, 5.74) is 5.59. The molecule has 0 aromatic heterocycles. The molecular formula is C8H9NO3. The van der Waals surface area contributed by atoms with Gasteiger partial charge in [-0.25, -0.2) is 0 Å². The van der Waals surface area contributed by atoms with Gasteiger partial charge in [0.1, 0.15) is 5.70 Å². The van der Waals surface area contributed by atoms with Crippen LogP contribution in [0.15, 0.2) is 23.1 Å². The minimum absolute atomic E-state index is 0.0643. The molecule has 4 heteroatoms. The minimum Gasteiger partial charge on any atom is -0.491 e. The monoisotopic (exact) mass is 167 g/mol. The molecule has 0 aromatic rings. The molecule has 0 amide bonds. The number of ketones is 2. The van der Waals surface area contributed by atoms with Gasteiger partial charge in [-0.15, -0.1) is 0 Å². The van der Waals surface area contributed by atoms with Crippen LogP contribution in [0, 0.1) is 0 Å². The van der Waals surface area contributed by atoms with Crippen molar-refractivity contribution in [2.45, 2.75) is 6.92 Å². The van der Waals surface area contributed by atoms with Crippen LogP contribution in [0.4, 0.5) is 0 Å². The molecule has 1 rings (SSSR count). The van der Waals surface area contributed by atoms with Crippen LogP contribution in [0.3, 0.4) is 0 Å². The molecule has 0 fully saturated rings. The van der Waals surface area contributed by atoms with Gasteiger partial charge in [0.2, 0.25) is 11.6 Å². The zero-order chi connectivity index (χ0) is 9.30. The summed E-state index contributed by atoms with van der Waals surface area (Å²) in [4.78, 5) is 22.3. The van der Waals surface area contributed by atoms with Crippen molar-refractivity contribution in [3.8, 4) is 0 Å². The number of carbonyl (C=O) groups is 2. The predicted molar refractivity (Wildman–Crippen MR) is 42.0 cm³/mol. The zero-order valence-corrected chi connectivity index (χ0v) is 6.88. The van der Waals surface area contributed by atoms with E-state index < -0.39 is 0 Å². The zero-order valence-electron chi connectivity index (χ0n) is 6.88. The fourth-order valence-corrected chi connectivity index (χ4v) is 0.987. The Kier molecular flexibility index (Phi) is 1.99. The number of nitrogens with two attached hydrogens (primary N) is 1. The Morgan fingerprint density at radius 1 is 1.42 bits per heavy atom. The smallest absolute Gasteiger partial charge is 0.223 e. The number of hydrogen-bond donors (Lipinski definition) is 1. The molecule has 12 heavy (non-hydrogen) atoms. The van der Waals surface area contributed by atoms with Crippen molar-refractivity contribution in [2.24, 2.45) is 5.73 Å². The van der Waals surface area contributed by atoms with E-state index in [1.54, 1.807) is 6.92 Å². The standard InChI is InChI=1S/C8H9NO3/c1-4-3-5(10)8(12-2)6(9)7(4)11/h3H,9H2,1-2H3. The van der Waals surface area contributed by atoms with E-state index in [9.17, 15) is 9.59 Å². The van der Waals surface area contributed by atoms with Crippen molar-refractivity contribution in [3.05, 3.63) is 23.1 Å². The largest absolute Gasteiger partial charge is 0.491 e. The Morgan fingerprint density at radius 3 is 2.50 bits per heavy atom. The van der Waals surface area contributed by atoms with Gasteiger partial charge in [0.05, 0.1) is 7.11 Å². The van der Waals surface area contributed by atoms with E-state index in [1.165, 1.54) is 13.2 Å². The Morgan fingerprint density at radius 2 is 2.00 bits per heavy atom. The first kappa shape index (κ1) is 8.52. The number of carbonyl (C=O) groups excluding carboxylic acids is 2. The molecule has 0 atom stereocenters. The summed E-state index contributed by atoms with van der Waals surface area (Å²) >= 11 is 0. The topological polar surface area (TPSA) is 69.4 Å². The van der Waals surface area contributed by atoms with Gasteiger partial charge < -0.3 is 10.5 Å². The highest BCUT2D eigenvalue weighted by Gasteiger charge is 2.24. The third-order valence-corrected chi connectivity index (χ3v) is 1.62. The molecule has 0 heterocycles. The summed E-state index contributed by atoms with van der Waals surface area (Å²) in [5, 5.41) is 0. The number of rotatable bonds is 1. The van der Waals surface area contributed by atoms with Gasteiger partial charge in [-0.05, 0) is 13.0 Å². The van der Waals surface area contributed by atoms with E-state index in [0.29, 0.717) is 5.57 Å². The molecule has 1 aliphatic carbocycles. The van der Waals surface area contributed by atoms with Gasteiger partial charge in [0.15, 0.2) is 5.76 Å². The Labute approximate surface area is 69.7 Å². The highest BCUT2D eigenvalue weighted by Crippen LogP contribution is 2.15. The summed E-state index contributed by atoms with van der Waals surface area (Å²) in [7, 11) is 1.31. The maximum atomic E-state index is 11.2. The molecule has 0 bridgehead atoms. The van der Waals surface area contributed by atoms with Gasteiger partial charge >= 0.3 is 0 Å². The second kappa shape index (κ2) is 2.81.